The van der Waals surface area contributed by atoms with Crippen molar-refractivity contribution in [1.29, 1.82) is 0 Å². The summed E-state index contributed by atoms with van der Waals surface area (Å²) in [6, 6.07) is 10.7. The number of hydrogen-bond donors (Lipinski definition) is 1. The Kier molecular flexibility index (Phi) is 5.66. The van der Waals surface area contributed by atoms with E-state index < -0.39 is 21.8 Å². The zero-order valence-corrected chi connectivity index (χ0v) is 16.2. The van der Waals surface area contributed by atoms with Crippen LogP contribution >= 0.6 is 11.6 Å². The maximum atomic E-state index is 13.2. The van der Waals surface area contributed by atoms with E-state index in [4.69, 9.17) is 16.3 Å². The van der Waals surface area contributed by atoms with Crippen LogP contribution in [0.2, 0.25) is 5.02 Å². The fourth-order valence-corrected chi connectivity index (χ4v) is 3.57. The molecule has 0 unspecified atom stereocenters. The number of halogens is 2. The first kappa shape index (κ1) is 19.8. The average Bonchev–Trinajstić information content (AvgIpc) is 3.06. The standard InChI is InChI=1S/C18H15ClFN3O4S/c1-2-27-18(24)16-11-21-23(14-7-5-13(20)6-8-14)17(16)22-28(25,26)15-9-3-12(19)4-10-15/h3-11,22H,2H2,1H3. The summed E-state index contributed by atoms with van der Waals surface area (Å²) < 4.78 is 47.3. The SMILES string of the molecule is CCOC(=O)c1cnn(-c2ccc(F)cc2)c1NS(=O)(=O)c1ccc(Cl)cc1. The maximum absolute atomic E-state index is 13.2. The first-order valence-corrected chi connectivity index (χ1v) is 9.97. The number of sulfonamides is 1. The molecule has 2 aromatic carbocycles. The summed E-state index contributed by atoms with van der Waals surface area (Å²) in [5.74, 6) is -1.34. The molecule has 0 saturated heterocycles. The zero-order chi connectivity index (χ0) is 20.3. The van der Waals surface area contributed by atoms with Crippen molar-refractivity contribution in [3.8, 4) is 5.69 Å². The van der Waals surface area contributed by atoms with E-state index in [1.54, 1.807) is 6.92 Å². The van der Waals surface area contributed by atoms with Gasteiger partial charge in [-0.15, -0.1) is 0 Å². The molecule has 3 aromatic rings. The highest BCUT2D eigenvalue weighted by Crippen LogP contribution is 2.25. The molecule has 1 heterocycles. The van der Waals surface area contributed by atoms with E-state index in [0.717, 1.165) is 0 Å². The van der Waals surface area contributed by atoms with Gasteiger partial charge >= 0.3 is 5.97 Å². The Morgan fingerprint density at radius 1 is 1.18 bits per heavy atom. The number of benzene rings is 2. The van der Waals surface area contributed by atoms with Crippen LogP contribution in [0.4, 0.5) is 10.2 Å². The van der Waals surface area contributed by atoms with E-state index in [1.807, 2.05) is 0 Å². The van der Waals surface area contributed by atoms with Crippen molar-refractivity contribution in [2.45, 2.75) is 11.8 Å². The van der Waals surface area contributed by atoms with Gasteiger partial charge in [-0.05, 0) is 55.5 Å². The van der Waals surface area contributed by atoms with Crippen LogP contribution in [0.1, 0.15) is 17.3 Å². The molecule has 0 aliphatic rings. The molecular weight excluding hydrogens is 409 g/mol. The Balaban J connectivity index is 2.08. The lowest BCUT2D eigenvalue weighted by atomic mass is 10.3. The Morgan fingerprint density at radius 3 is 2.43 bits per heavy atom. The molecule has 0 spiro atoms. The topological polar surface area (TPSA) is 90.3 Å². The second-order valence-electron chi connectivity index (χ2n) is 5.57. The number of esters is 1. The number of nitrogens with one attached hydrogen (secondary N) is 1. The van der Waals surface area contributed by atoms with Gasteiger partial charge in [-0.2, -0.15) is 5.10 Å². The third-order valence-corrected chi connectivity index (χ3v) is 5.30. The van der Waals surface area contributed by atoms with Gasteiger partial charge in [0.2, 0.25) is 0 Å². The van der Waals surface area contributed by atoms with Crippen LogP contribution in [0.3, 0.4) is 0 Å². The third kappa shape index (κ3) is 4.15. The van der Waals surface area contributed by atoms with E-state index in [1.165, 1.54) is 59.4 Å². The molecule has 0 amide bonds. The van der Waals surface area contributed by atoms with E-state index in [9.17, 15) is 17.6 Å². The Morgan fingerprint density at radius 2 is 1.82 bits per heavy atom. The predicted molar refractivity (Wildman–Crippen MR) is 102 cm³/mol. The fourth-order valence-electron chi connectivity index (χ4n) is 2.38. The lowest BCUT2D eigenvalue weighted by molar-refractivity contribution is 0.0527. The largest absolute Gasteiger partial charge is 0.462 e. The number of nitrogens with zero attached hydrogens (tertiary/aromatic N) is 2. The van der Waals surface area contributed by atoms with Gasteiger partial charge in [0.15, 0.2) is 5.82 Å². The summed E-state index contributed by atoms with van der Waals surface area (Å²) in [6.45, 7) is 1.73. The average molecular weight is 424 g/mol. The van der Waals surface area contributed by atoms with E-state index in [0.29, 0.717) is 10.7 Å². The summed E-state index contributed by atoms with van der Waals surface area (Å²) in [4.78, 5) is 12.2. The minimum absolute atomic E-state index is 0.0569. The van der Waals surface area contributed by atoms with Gasteiger partial charge in [0, 0.05) is 5.02 Å². The highest BCUT2D eigenvalue weighted by molar-refractivity contribution is 7.92. The molecule has 7 nitrogen and oxygen atoms in total. The number of carbonyl (C=O) groups excluding carboxylic acids is 1. The van der Waals surface area contributed by atoms with Crippen LogP contribution < -0.4 is 4.72 Å². The van der Waals surface area contributed by atoms with Crippen molar-refractivity contribution in [3.05, 3.63) is 71.1 Å². The molecule has 28 heavy (non-hydrogen) atoms. The van der Waals surface area contributed by atoms with Crippen LogP contribution in [-0.2, 0) is 14.8 Å². The molecule has 0 aliphatic heterocycles. The summed E-state index contributed by atoms with van der Waals surface area (Å²) >= 11 is 5.80. The summed E-state index contributed by atoms with van der Waals surface area (Å²) in [6.07, 6.45) is 1.18. The monoisotopic (exact) mass is 423 g/mol. The fraction of sp³-hybridized carbons (Fsp3) is 0.111. The maximum Gasteiger partial charge on any atom is 0.343 e. The molecule has 0 bridgehead atoms. The van der Waals surface area contributed by atoms with Crippen LogP contribution in [0.15, 0.2) is 59.6 Å². The number of carbonyl (C=O) groups is 1. The second-order valence-corrected chi connectivity index (χ2v) is 7.69. The van der Waals surface area contributed by atoms with Crippen molar-refractivity contribution >= 4 is 33.4 Å². The second kappa shape index (κ2) is 7.99. The van der Waals surface area contributed by atoms with Crippen LogP contribution in [0.5, 0.6) is 0 Å². The minimum Gasteiger partial charge on any atom is -0.462 e. The predicted octanol–water partition coefficient (Wildman–Crippen LogP) is 3.64. The first-order valence-electron chi connectivity index (χ1n) is 8.11. The van der Waals surface area contributed by atoms with Gasteiger partial charge in [-0.1, -0.05) is 11.6 Å². The van der Waals surface area contributed by atoms with E-state index >= 15 is 0 Å². The van der Waals surface area contributed by atoms with Gasteiger partial charge in [-0.25, -0.2) is 22.3 Å². The lowest BCUT2D eigenvalue weighted by Gasteiger charge is -2.12. The van der Waals surface area contributed by atoms with E-state index in [2.05, 4.69) is 9.82 Å². The molecule has 3 rings (SSSR count). The third-order valence-electron chi connectivity index (χ3n) is 3.69. The highest BCUT2D eigenvalue weighted by Gasteiger charge is 2.25. The summed E-state index contributed by atoms with van der Waals surface area (Å²) in [5, 5.41) is 4.43. The lowest BCUT2D eigenvalue weighted by Crippen LogP contribution is -2.18. The number of aromatic nitrogens is 2. The van der Waals surface area contributed by atoms with Gasteiger partial charge in [0.25, 0.3) is 10.0 Å². The molecule has 0 aliphatic carbocycles. The number of ether oxygens (including phenoxy) is 1. The zero-order valence-electron chi connectivity index (χ0n) is 14.6. The Hall–Kier alpha value is -2.91. The van der Waals surface area contributed by atoms with E-state index in [-0.39, 0.29) is 22.9 Å². The normalized spacial score (nSPS) is 11.2. The molecule has 0 saturated carbocycles. The van der Waals surface area contributed by atoms with Gasteiger partial charge < -0.3 is 4.74 Å². The molecule has 0 atom stereocenters. The van der Waals surface area contributed by atoms with Crippen LogP contribution in [0.25, 0.3) is 5.69 Å². The van der Waals surface area contributed by atoms with Crippen molar-refractivity contribution < 1.29 is 22.3 Å². The minimum atomic E-state index is -4.06. The van der Waals surface area contributed by atoms with Gasteiger partial charge in [-0.3, -0.25) is 4.72 Å². The highest BCUT2D eigenvalue weighted by atomic mass is 35.5. The smallest absolute Gasteiger partial charge is 0.343 e. The van der Waals surface area contributed by atoms with Crippen molar-refractivity contribution in [3.63, 3.8) is 0 Å². The van der Waals surface area contributed by atoms with Crippen molar-refractivity contribution in [1.82, 2.24) is 9.78 Å². The number of hydrogen-bond acceptors (Lipinski definition) is 5. The van der Waals surface area contributed by atoms with Crippen molar-refractivity contribution in [2.24, 2.45) is 0 Å². The molecular formula is C18H15ClFN3O4S. The quantitative estimate of drug-likeness (QED) is 0.611. The number of anilines is 1. The molecule has 10 heteroatoms. The Labute approximate surface area is 165 Å². The summed E-state index contributed by atoms with van der Waals surface area (Å²) in [7, 11) is -4.06. The molecule has 1 aromatic heterocycles. The molecule has 1 N–H and O–H groups in total. The summed E-state index contributed by atoms with van der Waals surface area (Å²) in [5.41, 5.74) is 0.273. The Bertz CT molecular complexity index is 1100. The molecule has 0 fully saturated rings. The molecule has 146 valence electrons. The van der Waals surface area contributed by atoms with Crippen molar-refractivity contribution in [2.75, 3.05) is 11.3 Å². The number of rotatable bonds is 6. The van der Waals surface area contributed by atoms with Crippen LogP contribution in [0, 0.1) is 5.82 Å². The van der Waals surface area contributed by atoms with Crippen LogP contribution in [-0.4, -0.2) is 30.8 Å². The van der Waals surface area contributed by atoms with Gasteiger partial charge in [0.05, 0.1) is 23.4 Å². The first-order chi connectivity index (χ1) is 13.3. The molecule has 0 radical (unpaired) electrons. The van der Waals surface area contributed by atoms with Gasteiger partial charge in [0.1, 0.15) is 11.4 Å².